The van der Waals surface area contributed by atoms with E-state index < -0.39 is 0 Å². The molecular formula is C23H28N4O2. The molecule has 2 amide bonds. The van der Waals surface area contributed by atoms with Crippen molar-refractivity contribution in [1.29, 1.82) is 0 Å². The van der Waals surface area contributed by atoms with Crippen molar-refractivity contribution < 1.29 is 9.59 Å². The van der Waals surface area contributed by atoms with E-state index in [1.807, 2.05) is 46.2 Å². The zero-order valence-electron chi connectivity index (χ0n) is 17.1. The van der Waals surface area contributed by atoms with Crippen molar-refractivity contribution in [3.05, 3.63) is 54.2 Å². The first-order chi connectivity index (χ1) is 14.0. The van der Waals surface area contributed by atoms with Crippen LogP contribution in [-0.4, -0.2) is 54.4 Å². The van der Waals surface area contributed by atoms with Crippen LogP contribution in [0.2, 0.25) is 0 Å². The van der Waals surface area contributed by atoms with Crippen LogP contribution >= 0.6 is 0 Å². The number of pyridine rings is 1. The van der Waals surface area contributed by atoms with Crippen molar-refractivity contribution >= 4 is 23.3 Å². The zero-order valence-corrected chi connectivity index (χ0v) is 17.1. The molecule has 0 radical (unpaired) electrons. The molecule has 3 heterocycles. The molecule has 2 saturated heterocycles. The van der Waals surface area contributed by atoms with Crippen molar-refractivity contribution in [2.45, 2.75) is 26.2 Å². The van der Waals surface area contributed by atoms with Gasteiger partial charge in [-0.3, -0.25) is 9.59 Å². The summed E-state index contributed by atoms with van der Waals surface area (Å²) in [5, 5.41) is 0. The Hall–Kier alpha value is -2.89. The Morgan fingerprint density at radius 1 is 1.03 bits per heavy atom. The molecule has 4 rings (SSSR count). The Kier molecular flexibility index (Phi) is 5.51. The van der Waals surface area contributed by atoms with Gasteiger partial charge in [-0.05, 0) is 29.7 Å². The molecule has 6 heteroatoms. The first-order valence-corrected chi connectivity index (χ1v) is 10.4. The third kappa shape index (κ3) is 3.97. The van der Waals surface area contributed by atoms with Gasteiger partial charge in [-0.15, -0.1) is 0 Å². The van der Waals surface area contributed by atoms with Crippen molar-refractivity contribution in [2.24, 2.45) is 5.92 Å². The molecule has 6 nitrogen and oxygen atoms in total. The number of hydrogen-bond acceptors (Lipinski definition) is 4. The van der Waals surface area contributed by atoms with Gasteiger partial charge in [-0.1, -0.05) is 38.1 Å². The van der Waals surface area contributed by atoms with Gasteiger partial charge < -0.3 is 14.7 Å². The third-order valence-corrected chi connectivity index (χ3v) is 5.89. The van der Waals surface area contributed by atoms with E-state index in [0.717, 1.165) is 30.2 Å². The minimum Gasteiger partial charge on any atom is -0.353 e. The number of carbonyl (C=O) groups excluding carboxylic acids is 2. The van der Waals surface area contributed by atoms with Crippen molar-refractivity contribution in [3.63, 3.8) is 0 Å². The number of rotatable bonds is 4. The smallest absolute Gasteiger partial charge is 0.228 e. The maximum atomic E-state index is 13.1. The number of hydrogen-bond donors (Lipinski definition) is 0. The molecule has 2 aliphatic heterocycles. The van der Waals surface area contributed by atoms with Crippen molar-refractivity contribution in [3.8, 4) is 0 Å². The molecule has 2 fully saturated rings. The number of para-hydroxylation sites is 1. The summed E-state index contributed by atoms with van der Waals surface area (Å²) >= 11 is 0. The normalized spacial score (nSPS) is 19.9. The van der Waals surface area contributed by atoms with E-state index in [1.165, 1.54) is 0 Å². The fraction of sp³-hybridized carbons (Fsp3) is 0.435. The van der Waals surface area contributed by atoms with Gasteiger partial charge >= 0.3 is 0 Å². The predicted octanol–water partition coefficient (Wildman–Crippen LogP) is 2.91. The summed E-state index contributed by atoms with van der Waals surface area (Å²) in [7, 11) is 0. The molecule has 0 saturated carbocycles. The standard InChI is InChI=1S/C23H28N4O2/c1-17(2)19-7-3-4-8-20(19)27-16-18(15-22(27)28)23(29)26-13-11-25(12-14-26)21-9-5-6-10-24-21/h3-10,17-18H,11-16H2,1-2H3. The van der Waals surface area contributed by atoms with Crippen LogP contribution in [0.4, 0.5) is 11.5 Å². The quantitative estimate of drug-likeness (QED) is 0.803. The summed E-state index contributed by atoms with van der Waals surface area (Å²) < 4.78 is 0. The highest BCUT2D eigenvalue weighted by molar-refractivity contribution is 6.01. The molecule has 0 N–H and O–H groups in total. The van der Waals surface area contributed by atoms with Crippen LogP contribution in [0.15, 0.2) is 48.7 Å². The third-order valence-electron chi connectivity index (χ3n) is 5.89. The Bertz CT molecular complexity index is 875. The van der Waals surface area contributed by atoms with Crippen LogP contribution in [0.1, 0.15) is 31.7 Å². The molecule has 0 aliphatic carbocycles. The minimum atomic E-state index is -0.260. The topological polar surface area (TPSA) is 56.8 Å². The van der Waals surface area contributed by atoms with Crippen LogP contribution in [-0.2, 0) is 9.59 Å². The lowest BCUT2D eigenvalue weighted by Gasteiger charge is -2.36. The number of nitrogens with zero attached hydrogens (tertiary/aromatic N) is 4. The van der Waals surface area contributed by atoms with Crippen LogP contribution in [0.3, 0.4) is 0 Å². The fourth-order valence-corrected chi connectivity index (χ4v) is 4.28. The first kappa shape index (κ1) is 19.4. The molecular weight excluding hydrogens is 364 g/mol. The molecule has 1 aromatic heterocycles. The van der Waals surface area contributed by atoms with Crippen molar-refractivity contribution in [1.82, 2.24) is 9.88 Å². The minimum absolute atomic E-state index is 0.0450. The molecule has 0 spiro atoms. The largest absolute Gasteiger partial charge is 0.353 e. The predicted molar refractivity (Wildman–Crippen MR) is 114 cm³/mol. The summed E-state index contributed by atoms with van der Waals surface area (Å²) in [6.07, 6.45) is 2.09. The number of benzene rings is 1. The van der Waals surface area contributed by atoms with Gasteiger partial charge in [-0.25, -0.2) is 4.98 Å². The fourth-order valence-electron chi connectivity index (χ4n) is 4.28. The highest BCUT2D eigenvalue weighted by Gasteiger charge is 2.38. The summed E-state index contributed by atoms with van der Waals surface area (Å²) in [5.74, 6) is 1.16. The lowest BCUT2D eigenvalue weighted by molar-refractivity contribution is -0.136. The lowest BCUT2D eigenvalue weighted by atomic mass is 10.0. The second kappa shape index (κ2) is 8.23. The maximum Gasteiger partial charge on any atom is 0.228 e. The Balaban J connectivity index is 1.40. The number of aromatic nitrogens is 1. The molecule has 0 bridgehead atoms. The maximum absolute atomic E-state index is 13.1. The molecule has 1 atom stereocenters. The van der Waals surface area contributed by atoms with E-state index in [0.29, 0.717) is 32.0 Å². The molecule has 2 aromatic rings. The van der Waals surface area contributed by atoms with Gasteiger partial charge in [0.1, 0.15) is 5.82 Å². The molecule has 1 unspecified atom stereocenters. The highest BCUT2D eigenvalue weighted by Crippen LogP contribution is 2.32. The SMILES string of the molecule is CC(C)c1ccccc1N1CC(C(=O)N2CCN(c3ccccn3)CC2)CC1=O. The van der Waals surface area contributed by atoms with Gasteiger partial charge in [0.25, 0.3) is 0 Å². The van der Waals surface area contributed by atoms with E-state index in [2.05, 4.69) is 29.8 Å². The summed E-state index contributed by atoms with van der Waals surface area (Å²) in [5.41, 5.74) is 2.10. The van der Waals surface area contributed by atoms with E-state index in [9.17, 15) is 9.59 Å². The van der Waals surface area contributed by atoms with Crippen LogP contribution in [0, 0.1) is 5.92 Å². The average Bonchev–Trinajstić information content (AvgIpc) is 3.15. The Morgan fingerprint density at radius 2 is 1.76 bits per heavy atom. The van der Waals surface area contributed by atoms with Crippen molar-refractivity contribution in [2.75, 3.05) is 42.5 Å². The molecule has 2 aliphatic rings. The zero-order chi connectivity index (χ0) is 20.4. The van der Waals surface area contributed by atoms with Gasteiger partial charge in [0.05, 0.1) is 5.92 Å². The average molecular weight is 393 g/mol. The van der Waals surface area contributed by atoms with Crippen LogP contribution in [0.5, 0.6) is 0 Å². The second-order valence-corrected chi connectivity index (χ2v) is 8.12. The van der Waals surface area contributed by atoms with Crippen LogP contribution < -0.4 is 9.80 Å². The Labute approximate surface area is 172 Å². The number of carbonyl (C=O) groups is 2. The van der Waals surface area contributed by atoms with E-state index in [4.69, 9.17) is 0 Å². The molecule has 152 valence electrons. The monoisotopic (exact) mass is 392 g/mol. The van der Waals surface area contributed by atoms with E-state index in [1.54, 1.807) is 6.20 Å². The van der Waals surface area contributed by atoms with Gasteiger partial charge in [-0.2, -0.15) is 0 Å². The number of anilines is 2. The first-order valence-electron chi connectivity index (χ1n) is 10.4. The highest BCUT2D eigenvalue weighted by atomic mass is 16.2. The van der Waals surface area contributed by atoms with E-state index >= 15 is 0 Å². The second-order valence-electron chi connectivity index (χ2n) is 8.12. The van der Waals surface area contributed by atoms with Gasteiger partial charge in [0, 0.05) is 51.0 Å². The van der Waals surface area contributed by atoms with Gasteiger partial charge in [0.15, 0.2) is 0 Å². The number of piperazine rings is 1. The summed E-state index contributed by atoms with van der Waals surface area (Å²) in [6, 6.07) is 13.9. The molecule has 29 heavy (non-hydrogen) atoms. The number of amides is 2. The molecule has 1 aromatic carbocycles. The van der Waals surface area contributed by atoms with Crippen LogP contribution in [0.25, 0.3) is 0 Å². The van der Waals surface area contributed by atoms with E-state index in [-0.39, 0.29) is 17.7 Å². The Morgan fingerprint density at radius 3 is 2.45 bits per heavy atom. The van der Waals surface area contributed by atoms with Gasteiger partial charge in [0.2, 0.25) is 11.8 Å². The summed E-state index contributed by atoms with van der Waals surface area (Å²) in [4.78, 5) is 36.1. The lowest BCUT2D eigenvalue weighted by Crippen LogP contribution is -2.51. The summed E-state index contributed by atoms with van der Waals surface area (Å²) in [6.45, 7) is 7.60.